The van der Waals surface area contributed by atoms with E-state index in [1.807, 2.05) is 0 Å². The molecular weight excluding hydrogens is 272 g/mol. The lowest BCUT2D eigenvalue weighted by molar-refractivity contribution is -0.136. The number of hydrogen-bond acceptors (Lipinski definition) is 6. The Balaban J connectivity index is 5.31. The van der Waals surface area contributed by atoms with Crippen LogP contribution in [0.4, 0.5) is 0 Å². The Hall–Kier alpha value is -0.706. The lowest BCUT2D eigenvalue weighted by Gasteiger charge is -2.37. The first-order chi connectivity index (χ1) is 8.20. The summed E-state index contributed by atoms with van der Waals surface area (Å²) in [5.41, 5.74) is 0. The topological polar surface area (TPSA) is 71.1 Å². The van der Waals surface area contributed by atoms with Crippen LogP contribution >= 0.6 is 0 Å². The van der Waals surface area contributed by atoms with Crippen LogP contribution in [-0.2, 0) is 27.3 Å². The van der Waals surface area contributed by atoms with Crippen LogP contribution in [0.3, 0.4) is 0 Å². The van der Waals surface area contributed by atoms with Crippen LogP contribution < -0.4 is 0 Å². The average Bonchev–Trinajstić information content (AvgIpc) is 2.15. The highest BCUT2D eigenvalue weighted by Gasteiger charge is 2.63. The monoisotopic (exact) mass is 294 g/mol. The van der Waals surface area contributed by atoms with Gasteiger partial charge in [-0.15, -0.1) is 0 Å². The maximum Gasteiger partial charge on any atom is 0.456 e. The molecule has 6 nitrogen and oxygen atoms in total. The van der Waals surface area contributed by atoms with Crippen molar-refractivity contribution in [2.24, 2.45) is 0 Å². The van der Waals surface area contributed by atoms with Gasteiger partial charge in [-0.2, -0.15) is 0 Å². The molecule has 0 spiro atoms. The zero-order valence-electron chi connectivity index (χ0n) is 11.9. The van der Waals surface area contributed by atoms with E-state index in [9.17, 15) is 9.59 Å². The van der Waals surface area contributed by atoms with Crippen molar-refractivity contribution < 1.29 is 27.3 Å². The van der Waals surface area contributed by atoms with E-state index >= 15 is 0 Å². The van der Waals surface area contributed by atoms with E-state index in [0.29, 0.717) is 13.2 Å². The standard InChI is InChI=1S/C10H22O6Si2/c1-7-13-17(5,15-9(3)11)18(6,14-8-2)16-10(4)12/h7-8H2,1-6H3. The second kappa shape index (κ2) is 7.02. The molecule has 0 rings (SSSR count). The molecule has 0 aromatic heterocycles. The lowest BCUT2D eigenvalue weighted by atomic mass is 10.9. The molecule has 0 radical (unpaired) electrons. The summed E-state index contributed by atoms with van der Waals surface area (Å²) in [7, 11) is -6.05. The van der Waals surface area contributed by atoms with Crippen LogP contribution in [-0.4, -0.2) is 41.3 Å². The van der Waals surface area contributed by atoms with E-state index in [1.54, 1.807) is 26.9 Å². The molecule has 0 amide bonds. The van der Waals surface area contributed by atoms with Gasteiger partial charge in [-0.25, -0.2) is 0 Å². The third-order valence-electron chi connectivity index (χ3n) is 2.34. The van der Waals surface area contributed by atoms with Gasteiger partial charge in [0.15, 0.2) is 0 Å². The first kappa shape index (κ1) is 17.3. The molecule has 0 heterocycles. The Morgan fingerprint density at radius 2 is 1.11 bits per heavy atom. The third-order valence-corrected chi connectivity index (χ3v) is 13.5. The molecule has 0 fully saturated rings. The van der Waals surface area contributed by atoms with Crippen molar-refractivity contribution in [2.45, 2.75) is 40.8 Å². The molecular formula is C10H22O6Si2. The fraction of sp³-hybridized carbons (Fsp3) is 0.800. The Labute approximate surface area is 110 Å². The van der Waals surface area contributed by atoms with E-state index in [1.165, 1.54) is 13.8 Å². The molecule has 18 heavy (non-hydrogen) atoms. The smallest absolute Gasteiger partial charge is 0.456 e. The van der Waals surface area contributed by atoms with E-state index in [4.69, 9.17) is 17.7 Å². The highest BCUT2D eigenvalue weighted by atomic mass is 29.3. The number of carbonyl (C=O) groups excluding carboxylic acids is 2. The molecule has 0 aromatic rings. The fourth-order valence-corrected chi connectivity index (χ4v) is 9.23. The van der Waals surface area contributed by atoms with Gasteiger partial charge in [0.1, 0.15) is 0 Å². The number of hydrogen-bond donors (Lipinski definition) is 0. The van der Waals surface area contributed by atoms with Crippen LogP contribution in [0.1, 0.15) is 27.7 Å². The molecule has 0 N–H and O–H groups in total. The van der Waals surface area contributed by atoms with Gasteiger partial charge in [0.05, 0.1) is 0 Å². The minimum atomic E-state index is -3.03. The average molecular weight is 294 g/mol. The highest BCUT2D eigenvalue weighted by molar-refractivity contribution is 7.31. The summed E-state index contributed by atoms with van der Waals surface area (Å²) in [4.78, 5) is 22.5. The lowest BCUT2D eigenvalue weighted by Crippen LogP contribution is -2.68. The summed E-state index contributed by atoms with van der Waals surface area (Å²) < 4.78 is 21.9. The van der Waals surface area contributed by atoms with Crippen molar-refractivity contribution in [1.82, 2.24) is 0 Å². The second-order valence-electron chi connectivity index (χ2n) is 3.94. The van der Waals surface area contributed by atoms with Crippen molar-refractivity contribution in [2.75, 3.05) is 13.2 Å². The normalized spacial score (nSPS) is 17.4. The highest BCUT2D eigenvalue weighted by Crippen LogP contribution is 2.25. The molecule has 0 aliphatic carbocycles. The van der Waals surface area contributed by atoms with Gasteiger partial charge in [0, 0.05) is 27.1 Å². The second-order valence-corrected chi connectivity index (χ2v) is 14.2. The Morgan fingerprint density at radius 1 is 0.833 bits per heavy atom. The molecule has 0 saturated carbocycles. The first-order valence-corrected chi connectivity index (χ1v) is 11.5. The maximum absolute atomic E-state index is 11.2. The zero-order valence-corrected chi connectivity index (χ0v) is 13.9. The Kier molecular flexibility index (Phi) is 6.75. The van der Waals surface area contributed by atoms with Crippen molar-refractivity contribution >= 4 is 28.1 Å². The number of carbonyl (C=O) groups is 2. The van der Waals surface area contributed by atoms with Gasteiger partial charge >= 0.3 is 16.2 Å². The van der Waals surface area contributed by atoms with E-state index < -0.39 is 28.1 Å². The molecule has 0 bridgehead atoms. The molecule has 106 valence electrons. The van der Waals surface area contributed by atoms with Crippen molar-refractivity contribution in [3.8, 4) is 0 Å². The van der Waals surface area contributed by atoms with Gasteiger partial charge in [-0.1, -0.05) is 0 Å². The summed E-state index contributed by atoms with van der Waals surface area (Å²) >= 11 is 0. The zero-order chi connectivity index (χ0) is 14.4. The molecule has 0 aromatic carbocycles. The van der Waals surface area contributed by atoms with E-state index in [-0.39, 0.29) is 0 Å². The summed E-state index contributed by atoms with van der Waals surface area (Å²) in [6.07, 6.45) is 0. The SMILES string of the molecule is CCO[Si](C)(OC(C)=O)[Si](C)(OCC)OC(C)=O. The van der Waals surface area contributed by atoms with E-state index in [2.05, 4.69) is 0 Å². The maximum atomic E-state index is 11.2. The Morgan fingerprint density at radius 3 is 1.28 bits per heavy atom. The van der Waals surface area contributed by atoms with Gasteiger partial charge in [-0.05, 0) is 26.9 Å². The fourth-order valence-electron chi connectivity index (χ4n) is 1.61. The molecule has 0 aliphatic rings. The summed E-state index contributed by atoms with van der Waals surface area (Å²) in [6, 6.07) is 0. The molecule has 0 aliphatic heterocycles. The van der Waals surface area contributed by atoms with Crippen LogP contribution in [0.15, 0.2) is 0 Å². The molecule has 2 atom stereocenters. The van der Waals surface area contributed by atoms with Gasteiger partial charge in [-0.3, -0.25) is 9.59 Å². The minimum absolute atomic E-state index is 0.368. The summed E-state index contributed by atoms with van der Waals surface area (Å²) in [5, 5.41) is 0. The quantitative estimate of drug-likeness (QED) is 0.661. The minimum Gasteiger partial charge on any atom is -0.492 e. The van der Waals surface area contributed by atoms with Gasteiger partial charge in [0.2, 0.25) is 0 Å². The van der Waals surface area contributed by atoms with Gasteiger partial charge in [0.25, 0.3) is 11.9 Å². The van der Waals surface area contributed by atoms with Crippen molar-refractivity contribution in [3.63, 3.8) is 0 Å². The predicted octanol–water partition coefficient (Wildman–Crippen LogP) is 1.41. The first-order valence-electron chi connectivity index (χ1n) is 5.87. The van der Waals surface area contributed by atoms with Crippen LogP contribution in [0.2, 0.25) is 13.1 Å². The number of rotatable bonds is 7. The molecule has 2 unspecified atom stereocenters. The van der Waals surface area contributed by atoms with Gasteiger partial charge < -0.3 is 17.7 Å². The Bertz CT molecular complexity index is 281. The van der Waals surface area contributed by atoms with Crippen LogP contribution in [0.5, 0.6) is 0 Å². The third kappa shape index (κ3) is 4.52. The predicted molar refractivity (Wildman–Crippen MR) is 70.0 cm³/mol. The van der Waals surface area contributed by atoms with Crippen LogP contribution in [0, 0.1) is 0 Å². The van der Waals surface area contributed by atoms with E-state index in [0.717, 1.165) is 0 Å². The van der Waals surface area contributed by atoms with Crippen LogP contribution in [0.25, 0.3) is 0 Å². The molecule has 8 heteroatoms. The van der Waals surface area contributed by atoms with Crippen molar-refractivity contribution in [1.29, 1.82) is 0 Å². The molecule has 0 saturated heterocycles. The summed E-state index contributed by atoms with van der Waals surface area (Å²) in [5.74, 6) is -0.911. The largest absolute Gasteiger partial charge is 0.492 e. The van der Waals surface area contributed by atoms with Crippen molar-refractivity contribution in [3.05, 3.63) is 0 Å². The summed E-state index contributed by atoms with van der Waals surface area (Å²) in [6.45, 7) is 10.3.